The number of ether oxygens (including phenoxy) is 2. The van der Waals surface area contributed by atoms with Crippen molar-refractivity contribution in [2.24, 2.45) is 7.05 Å². The molecule has 0 bridgehead atoms. The smallest absolute Gasteiger partial charge is 0.355 e. The van der Waals surface area contributed by atoms with Crippen molar-refractivity contribution in [3.05, 3.63) is 82.0 Å². The Kier molecular flexibility index (Phi) is 10.7. The number of hydrogen-bond acceptors (Lipinski definition) is 5. The molecule has 238 valence electrons. The van der Waals surface area contributed by atoms with Gasteiger partial charge in [0.15, 0.2) is 0 Å². The van der Waals surface area contributed by atoms with Gasteiger partial charge in [0.2, 0.25) is 0 Å². The molecule has 1 N–H and O–H groups in total. The maximum atomic E-state index is 13.8. The van der Waals surface area contributed by atoms with Crippen molar-refractivity contribution in [3.63, 3.8) is 0 Å². The third-order valence-electron chi connectivity index (χ3n) is 8.22. The number of aryl methyl sites for hydroxylation is 3. The maximum absolute atomic E-state index is 13.8. The second-order valence-corrected chi connectivity index (χ2v) is 11.7. The first-order chi connectivity index (χ1) is 21.8. The van der Waals surface area contributed by atoms with Crippen molar-refractivity contribution in [2.75, 3.05) is 26.8 Å². The number of hydrogen-bond donors (Lipinski definition) is 1. The van der Waals surface area contributed by atoms with Crippen LogP contribution in [0.2, 0.25) is 5.02 Å². The Morgan fingerprint density at radius 2 is 1.87 bits per heavy atom. The van der Waals surface area contributed by atoms with E-state index in [1.807, 2.05) is 63.0 Å². The summed E-state index contributed by atoms with van der Waals surface area (Å²) in [5, 5.41) is 11.0. The molecule has 3 aromatic carbocycles. The SMILES string of the molecule is CCOC(=O)c1c(CCCOc2cccc3cc(F)ccc23)c2ccc(Cl)c(-c3c(CCl)nn(C)c3C)c2n1CCCCNC. The quantitative estimate of drug-likeness (QED) is 0.0743. The lowest BCUT2D eigenvalue weighted by molar-refractivity contribution is 0.0512. The van der Waals surface area contributed by atoms with Gasteiger partial charge in [0, 0.05) is 41.2 Å². The number of nitrogens with zero attached hydrogens (tertiary/aromatic N) is 3. The lowest BCUT2D eigenvalue weighted by atomic mass is 9.98. The fourth-order valence-corrected chi connectivity index (χ4v) is 6.52. The van der Waals surface area contributed by atoms with Gasteiger partial charge in [-0.2, -0.15) is 5.10 Å². The molecular weight excluding hydrogens is 614 g/mol. The molecule has 0 spiro atoms. The molecule has 0 atom stereocenters. The fraction of sp³-hybridized carbons (Fsp3) is 0.371. The van der Waals surface area contributed by atoms with Crippen molar-refractivity contribution < 1.29 is 18.7 Å². The number of alkyl halides is 1. The van der Waals surface area contributed by atoms with Crippen molar-refractivity contribution in [3.8, 4) is 16.9 Å². The van der Waals surface area contributed by atoms with Gasteiger partial charge in [-0.3, -0.25) is 4.68 Å². The van der Waals surface area contributed by atoms with Gasteiger partial charge in [-0.05, 0) is 94.4 Å². The zero-order valence-corrected chi connectivity index (χ0v) is 27.7. The Morgan fingerprint density at radius 3 is 2.62 bits per heavy atom. The molecule has 10 heteroatoms. The zero-order valence-electron chi connectivity index (χ0n) is 26.2. The first-order valence-corrected chi connectivity index (χ1v) is 16.3. The van der Waals surface area contributed by atoms with E-state index in [2.05, 4.69) is 15.0 Å². The van der Waals surface area contributed by atoms with Crippen LogP contribution in [-0.4, -0.2) is 47.1 Å². The Balaban J connectivity index is 1.59. The highest BCUT2D eigenvalue weighted by Gasteiger charge is 2.29. The molecular formula is C35H39Cl2FN4O3. The van der Waals surface area contributed by atoms with Crippen LogP contribution >= 0.6 is 23.2 Å². The summed E-state index contributed by atoms with van der Waals surface area (Å²) >= 11 is 13.4. The lowest BCUT2D eigenvalue weighted by Gasteiger charge is -2.15. The van der Waals surface area contributed by atoms with Crippen LogP contribution in [-0.2, 0) is 30.6 Å². The highest BCUT2D eigenvalue weighted by molar-refractivity contribution is 6.35. The zero-order chi connectivity index (χ0) is 32.1. The molecule has 0 aliphatic heterocycles. The Bertz CT molecular complexity index is 1830. The van der Waals surface area contributed by atoms with Gasteiger partial charge < -0.3 is 19.4 Å². The van der Waals surface area contributed by atoms with Gasteiger partial charge in [0.25, 0.3) is 0 Å². The van der Waals surface area contributed by atoms with Crippen molar-refractivity contribution in [1.82, 2.24) is 19.7 Å². The van der Waals surface area contributed by atoms with Crippen LogP contribution in [0.3, 0.4) is 0 Å². The van der Waals surface area contributed by atoms with Gasteiger partial charge in [0.1, 0.15) is 17.3 Å². The van der Waals surface area contributed by atoms with E-state index in [1.54, 1.807) is 6.07 Å². The molecule has 0 amide bonds. The molecule has 0 unspecified atom stereocenters. The van der Waals surface area contributed by atoms with E-state index in [0.29, 0.717) is 42.5 Å². The van der Waals surface area contributed by atoms with Crippen molar-refractivity contribution in [1.29, 1.82) is 0 Å². The number of rotatable bonds is 14. The average molecular weight is 654 g/mol. The molecule has 0 saturated heterocycles. The van der Waals surface area contributed by atoms with E-state index >= 15 is 0 Å². The van der Waals surface area contributed by atoms with Gasteiger partial charge in [-0.25, -0.2) is 9.18 Å². The summed E-state index contributed by atoms with van der Waals surface area (Å²) in [5.74, 6) is 0.270. The molecule has 0 saturated carbocycles. The third-order valence-corrected chi connectivity index (χ3v) is 8.79. The molecule has 0 aliphatic rings. The largest absolute Gasteiger partial charge is 0.493 e. The summed E-state index contributed by atoms with van der Waals surface area (Å²) in [6, 6.07) is 14.2. The number of nitrogens with one attached hydrogen (secondary N) is 1. The van der Waals surface area contributed by atoms with E-state index in [9.17, 15) is 9.18 Å². The highest BCUT2D eigenvalue weighted by Crippen LogP contribution is 2.43. The monoisotopic (exact) mass is 652 g/mol. The van der Waals surface area contributed by atoms with E-state index < -0.39 is 0 Å². The maximum Gasteiger partial charge on any atom is 0.355 e. The Labute approximate surface area is 273 Å². The molecule has 2 aromatic heterocycles. The molecule has 2 heterocycles. The molecule has 5 rings (SSSR count). The second kappa shape index (κ2) is 14.7. The number of halogens is 3. The lowest BCUT2D eigenvalue weighted by Crippen LogP contribution is -2.16. The van der Waals surface area contributed by atoms with E-state index in [-0.39, 0.29) is 24.3 Å². The second-order valence-electron chi connectivity index (χ2n) is 11.1. The summed E-state index contributed by atoms with van der Waals surface area (Å²) in [5.41, 5.74) is 5.68. The first kappa shape index (κ1) is 32.8. The minimum atomic E-state index is -0.364. The van der Waals surface area contributed by atoms with E-state index in [4.69, 9.17) is 32.7 Å². The molecule has 5 aromatic rings. The summed E-state index contributed by atoms with van der Waals surface area (Å²) in [6.45, 7) is 5.96. The van der Waals surface area contributed by atoms with Gasteiger partial charge >= 0.3 is 5.97 Å². The topological polar surface area (TPSA) is 70.3 Å². The number of aromatic nitrogens is 3. The summed E-state index contributed by atoms with van der Waals surface area (Å²) in [4.78, 5) is 13.7. The molecule has 0 fully saturated rings. The molecule has 0 radical (unpaired) electrons. The van der Waals surface area contributed by atoms with Gasteiger partial charge in [-0.15, -0.1) is 11.6 Å². The van der Waals surface area contributed by atoms with Crippen molar-refractivity contribution >= 4 is 50.8 Å². The molecule has 0 aliphatic carbocycles. The number of unbranched alkanes of at least 4 members (excludes halogenated alkanes) is 1. The standard InChI is InChI=1S/C35H39Cl2FN4O3/c1-5-44-35(43)34-26(11-9-19-45-30-12-8-10-23-20-24(38)13-14-25(23)30)27-15-16-28(37)32(31-22(2)41(4)40-29(31)21-36)33(27)42(34)18-7-6-17-39-3/h8,10,12-16,20,39H,5-7,9,11,17-19,21H2,1-4H3. The molecule has 45 heavy (non-hydrogen) atoms. The normalized spacial score (nSPS) is 11.5. The average Bonchev–Trinajstić information content (AvgIpc) is 3.50. The fourth-order valence-electron chi connectivity index (χ4n) is 6.09. The van der Waals surface area contributed by atoms with Crippen LogP contribution in [0.4, 0.5) is 4.39 Å². The van der Waals surface area contributed by atoms with Crippen LogP contribution in [0.1, 0.15) is 53.6 Å². The number of fused-ring (bicyclic) bond motifs is 2. The van der Waals surface area contributed by atoms with Crippen molar-refractivity contribution in [2.45, 2.75) is 52.0 Å². The Hall–Kier alpha value is -3.59. The summed E-state index contributed by atoms with van der Waals surface area (Å²) in [6.07, 6.45) is 3.00. The minimum absolute atomic E-state index is 0.225. The number of benzene rings is 3. The first-order valence-electron chi connectivity index (χ1n) is 15.4. The van der Waals surface area contributed by atoms with Crippen LogP contribution in [0, 0.1) is 12.7 Å². The predicted octanol–water partition coefficient (Wildman–Crippen LogP) is 8.22. The van der Waals surface area contributed by atoms with Crippen LogP contribution < -0.4 is 10.1 Å². The van der Waals surface area contributed by atoms with E-state index in [1.165, 1.54) is 12.1 Å². The summed E-state index contributed by atoms with van der Waals surface area (Å²) < 4.78 is 29.5. The van der Waals surface area contributed by atoms with Gasteiger partial charge in [0.05, 0.1) is 35.3 Å². The minimum Gasteiger partial charge on any atom is -0.493 e. The van der Waals surface area contributed by atoms with Crippen LogP contribution in [0.25, 0.3) is 32.8 Å². The highest BCUT2D eigenvalue weighted by atomic mass is 35.5. The number of esters is 1. The van der Waals surface area contributed by atoms with Crippen LogP contribution in [0.15, 0.2) is 48.5 Å². The summed E-state index contributed by atoms with van der Waals surface area (Å²) in [7, 11) is 3.82. The molecule has 7 nitrogen and oxygen atoms in total. The van der Waals surface area contributed by atoms with Crippen LogP contribution in [0.5, 0.6) is 5.75 Å². The number of carbonyl (C=O) groups is 1. The van der Waals surface area contributed by atoms with Gasteiger partial charge in [-0.1, -0.05) is 29.8 Å². The predicted molar refractivity (Wildman–Crippen MR) is 180 cm³/mol. The number of carbonyl (C=O) groups excluding carboxylic acids is 1. The third kappa shape index (κ3) is 6.69. The van der Waals surface area contributed by atoms with E-state index in [0.717, 1.165) is 69.1 Å². The Morgan fingerprint density at radius 1 is 1.07 bits per heavy atom.